The first kappa shape index (κ1) is 19.6. The first-order chi connectivity index (χ1) is 12.8. The summed E-state index contributed by atoms with van der Waals surface area (Å²) in [7, 11) is 0. The first-order valence-corrected chi connectivity index (χ1v) is 9.64. The van der Waals surface area contributed by atoms with Crippen LogP contribution in [0.5, 0.6) is 0 Å². The van der Waals surface area contributed by atoms with Gasteiger partial charge in [-0.2, -0.15) is 0 Å². The normalized spacial score (nSPS) is 10.5. The van der Waals surface area contributed by atoms with E-state index in [1.54, 1.807) is 41.8 Å². The molecule has 0 spiro atoms. The lowest BCUT2D eigenvalue weighted by atomic mass is 10.2. The van der Waals surface area contributed by atoms with Gasteiger partial charge in [0.05, 0.1) is 15.7 Å². The van der Waals surface area contributed by atoms with Crippen LogP contribution in [0.1, 0.15) is 17.4 Å². The predicted molar refractivity (Wildman–Crippen MR) is 111 cm³/mol. The molecule has 0 aliphatic rings. The molecule has 0 saturated heterocycles. The van der Waals surface area contributed by atoms with Crippen LogP contribution in [0.4, 0.5) is 11.4 Å². The van der Waals surface area contributed by atoms with Crippen molar-refractivity contribution in [1.82, 2.24) is 4.98 Å². The molecule has 1 aromatic heterocycles. The summed E-state index contributed by atoms with van der Waals surface area (Å²) in [5.74, 6) is -0.615. The minimum Gasteiger partial charge on any atom is -0.326 e. The van der Waals surface area contributed by atoms with Crippen molar-refractivity contribution >= 4 is 69.3 Å². The third kappa shape index (κ3) is 4.78. The van der Waals surface area contributed by atoms with Gasteiger partial charge < -0.3 is 10.6 Å². The quantitative estimate of drug-likeness (QED) is 0.524. The van der Waals surface area contributed by atoms with E-state index in [-0.39, 0.29) is 11.6 Å². The van der Waals surface area contributed by atoms with Gasteiger partial charge in [0.1, 0.15) is 10.7 Å². The van der Waals surface area contributed by atoms with E-state index in [2.05, 4.69) is 15.6 Å². The maximum atomic E-state index is 12.5. The number of rotatable bonds is 4. The Labute approximate surface area is 174 Å². The van der Waals surface area contributed by atoms with Gasteiger partial charge in [0.25, 0.3) is 5.91 Å². The van der Waals surface area contributed by atoms with Crippen LogP contribution in [0.15, 0.2) is 41.8 Å². The zero-order valence-corrected chi connectivity index (χ0v) is 16.9. The molecule has 9 heteroatoms. The fourth-order valence-corrected chi connectivity index (χ4v) is 3.87. The molecule has 27 heavy (non-hydrogen) atoms. The predicted octanol–water partition coefficient (Wildman–Crippen LogP) is 5.98. The highest BCUT2D eigenvalue weighted by Crippen LogP contribution is 2.33. The Kier molecular flexibility index (Phi) is 6.01. The number of amides is 2. The van der Waals surface area contributed by atoms with Gasteiger partial charge in [-0.15, -0.1) is 11.3 Å². The Bertz CT molecular complexity index is 1040. The van der Waals surface area contributed by atoms with E-state index >= 15 is 0 Å². The molecular formula is C18H12Cl3N3O2S. The zero-order valence-electron chi connectivity index (χ0n) is 13.8. The molecular weight excluding hydrogens is 429 g/mol. The minimum atomic E-state index is -0.406. The summed E-state index contributed by atoms with van der Waals surface area (Å²) < 4.78 is 0. The molecule has 0 aliphatic carbocycles. The van der Waals surface area contributed by atoms with Gasteiger partial charge in [-0.3, -0.25) is 9.59 Å². The van der Waals surface area contributed by atoms with Crippen LogP contribution in [0.2, 0.25) is 15.1 Å². The smallest absolute Gasteiger partial charge is 0.275 e. The third-order valence-corrected chi connectivity index (χ3v) is 5.17. The number of aromatic nitrogens is 1. The number of carbonyl (C=O) groups excluding carboxylic acids is 2. The number of carbonyl (C=O) groups is 2. The highest BCUT2D eigenvalue weighted by molar-refractivity contribution is 7.13. The molecule has 1 heterocycles. The van der Waals surface area contributed by atoms with E-state index < -0.39 is 5.91 Å². The molecule has 0 atom stereocenters. The van der Waals surface area contributed by atoms with Crippen molar-refractivity contribution in [2.75, 3.05) is 10.6 Å². The number of thiazole rings is 1. The molecule has 3 rings (SSSR count). The number of nitrogens with one attached hydrogen (secondary N) is 2. The topological polar surface area (TPSA) is 71.1 Å². The van der Waals surface area contributed by atoms with Crippen LogP contribution in [0.3, 0.4) is 0 Å². The Hall–Kier alpha value is -2.12. The molecule has 0 radical (unpaired) electrons. The lowest BCUT2D eigenvalue weighted by Crippen LogP contribution is -2.13. The van der Waals surface area contributed by atoms with Gasteiger partial charge in [-0.05, 0) is 36.4 Å². The van der Waals surface area contributed by atoms with Crippen molar-refractivity contribution in [2.45, 2.75) is 6.92 Å². The van der Waals surface area contributed by atoms with E-state index in [4.69, 9.17) is 34.8 Å². The molecule has 5 nitrogen and oxygen atoms in total. The second kappa shape index (κ2) is 8.27. The molecule has 2 N–H and O–H groups in total. The fraction of sp³-hybridized carbons (Fsp3) is 0.0556. The van der Waals surface area contributed by atoms with Crippen molar-refractivity contribution in [3.8, 4) is 10.6 Å². The zero-order chi connectivity index (χ0) is 19.6. The van der Waals surface area contributed by atoms with Crippen molar-refractivity contribution in [2.24, 2.45) is 0 Å². The SMILES string of the molecule is CC(=O)Nc1ccc(NC(=O)c2csc(-c3ccc(Cl)cc3Cl)n2)c(Cl)c1. The maximum Gasteiger partial charge on any atom is 0.275 e. The maximum absolute atomic E-state index is 12.5. The van der Waals surface area contributed by atoms with Crippen molar-refractivity contribution in [1.29, 1.82) is 0 Å². The Morgan fingerprint density at radius 3 is 2.44 bits per heavy atom. The molecule has 0 unspecified atom stereocenters. The minimum absolute atomic E-state index is 0.210. The summed E-state index contributed by atoms with van der Waals surface area (Å²) in [5, 5.41) is 8.84. The van der Waals surface area contributed by atoms with E-state index in [1.807, 2.05) is 0 Å². The van der Waals surface area contributed by atoms with Gasteiger partial charge >= 0.3 is 0 Å². The van der Waals surface area contributed by atoms with Crippen molar-refractivity contribution < 1.29 is 9.59 Å². The molecule has 2 aromatic carbocycles. The average molecular weight is 441 g/mol. The highest BCUT2D eigenvalue weighted by Gasteiger charge is 2.15. The summed E-state index contributed by atoms with van der Waals surface area (Å²) >= 11 is 19.6. The fourth-order valence-electron chi connectivity index (χ4n) is 2.25. The molecule has 0 bridgehead atoms. The largest absolute Gasteiger partial charge is 0.326 e. The Morgan fingerprint density at radius 2 is 1.78 bits per heavy atom. The van der Waals surface area contributed by atoms with Crippen LogP contribution in [0.25, 0.3) is 10.6 Å². The number of halogens is 3. The molecule has 138 valence electrons. The molecule has 0 aliphatic heterocycles. The second-order valence-corrected chi connectivity index (χ2v) is 7.60. The van der Waals surface area contributed by atoms with Gasteiger partial charge in [-0.25, -0.2) is 4.98 Å². The number of anilines is 2. The van der Waals surface area contributed by atoms with Crippen LogP contribution in [0, 0.1) is 0 Å². The molecule has 3 aromatic rings. The number of benzene rings is 2. The Morgan fingerprint density at radius 1 is 1.00 bits per heavy atom. The number of hydrogen-bond acceptors (Lipinski definition) is 4. The Balaban J connectivity index is 1.77. The monoisotopic (exact) mass is 439 g/mol. The van der Waals surface area contributed by atoms with E-state index in [1.165, 1.54) is 18.3 Å². The van der Waals surface area contributed by atoms with Crippen molar-refractivity contribution in [3.63, 3.8) is 0 Å². The first-order valence-electron chi connectivity index (χ1n) is 7.63. The number of nitrogens with zero attached hydrogens (tertiary/aromatic N) is 1. The number of hydrogen-bond donors (Lipinski definition) is 2. The molecule has 2 amide bonds. The van der Waals surface area contributed by atoms with Gasteiger partial charge in [0, 0.05) is 28.6 Å². The lowest BCUT2D eigenvalue weighted by Gasteiger charge is -2.08. The van der Waals surface area contributed by atoms with Crippen LogP contribution in [-0.4, -0.2) is 16.8 Å². The van der Waals surface area contributed by atoms with Crippen LogP contribution < -0.4 is 10.6 Å². The molecule has 0 fully saturated rings. The van der Waals surface area contributed by atoms with Gasteiger partial charge in [-0.1, -0.05) is 34.8 Å². The summed E-state index contributed by atoms with van der Waals surface area (Å²) in [4.78, 5) is 27.9. The summed E-state index contributed by atoms with van der Waals surface area (Å²) in [6, 6.07) is 9.88. The highest BCUT2D eigenvalue weighted by atomic mass is 35.5. The molecule has 0 saturated carbocycles. The summed E-state index contributed by atoms with van der Waals surface area (Å²) in [6.07, 6.45) is 0. The standard InChI is InChI=1S/C18H12Cl3N3O2S/c1-9(25)22-11-3-5-15(14(21)7-11)23-17(26)16-8-27-18(24-16)12-4-2-10(19)6-13(12)20/h2-8H,1H3,(H,22,25)(H,23,26). The second-order valence-electron chi connectivity index (χ2n) is 5.49. The average Bonchev–Trinajstić information content (AvgIpc) is 3.06. The summed E-state index contributed by atoms with van der Waals surface area (Å²) in [6.45, 7) is 1.40. The van der Waals surface area contributed by atoms with Crippen LogP contribution >= 0.6 is 46.1 Å². The van der Waals surface area contributed by atoms with E-state index in [0.29, 0.717) is 37.0 Å². The summed E-state index contributed by atoms with van der Waals surface area (Å²) in [5.41, 5.74) is 1.89. The van der Waals surface area contributed by atoms with E-state index in [0.717, 1.165) is 0 Å². The van der Waals surface area contributed by atoms with Crippen molar-refractivity contribution in [3.05, 3.63) is 62.5 Å². The lowest BCUT2D eigenvalue weighted by molar-refractivity contribution is -0.114. The van der Waals surface area contributed by atoms with Crippen LogP contribution in [-0.2, 0) is 4.79 Å². The van der Waals surface area contributed by atoms with Gasteiger partial charge in [0.15, 0.2) is 0 Å². The van der Waals surface area contributed by atoms with E-state index in [9.17, 15) is 9.59 Å². The van der Waals surface area contributed by atoms with Gasteiger partial charge in [0.2, 0.25) is 5.91 Å². The third-order valence-electron chi connectivity index (χ3n) is 3.44.